The molecule has 1 amide bonds. The molecule has 17 heavy (non-hydrogen) atoms. The number of carbonyl (C=O) groups is 1. The Morgan fingerprint density at radius 3 is 2.71 bits per heavy atom. The van der Waals surface area contributed by atoms with Crippen LogP contribution in [-0.4, -0.2) is 17.4 Å². The lowest BCUT2D eigenvalue weighted by molar-refractivity contribution is -0.114. The maximum Gasteiger partial charge on any atom is 0.250 e. The summed E-state index contributed by atoms with van der Waals surface area (Å²) in [7, 11) is 0. The molecule has 2 N–H and O–H groups in total. The first-order chi connectivity index (χ1) is 8.16. The van der Waals surface area contributed by atoms with Crippen molar-refractivity contribution in [3.63, 3.8) is 0 Å². The van der Waals surface area contributed by atoms with Crippen LogP contribution in [0.25, 0.3) is 0 Å². The maximum atomic E-state index is 11.2. The molecule has 0 spiro atoms. The molecule has 88 valence electrons. The zero-order valence-corrected chi connectivity index (χ0v) is 9.89. The van der Waals surface area contributed by atoms with Crippen LogP contribution in [0, 0.1) is 0 Å². The fourth-order valence-electron chi connectivity index (χ4n) is 1.89. The molecule has 0 aromatic heterocycles. The Bertz CT molecular complexity index is 474. The van der Waals surface area contributed by atoms with Gasteiger partial charge in [-0.15, -0.1) is 0 Å². The van der Waals surface area contributed by atoms with Crippen molar-refractivity contribution in [2.45, 2.75) is 13.5 Å². The van der Waals surface area contributed by atoms with Gasteiger partial charge in [-0.25, -0.2) is 0 Å². The lowest BCUT2D eigenvalue weighted by atomic mass is 10.0. The molecule has 1 aromatic rings. The third-order valence-corrected chi connectivity index (χ3v) is 2.86. The molecule has 2 rings (SSSR count). The minimum absolute atomic E-state index is 0.364. The first kappa shape index (κ1) is 11.5. The molecular weight excluding hydrogens is 212 g/mol. The Balaban J connectivity index is 2.12. The van der Waals surface area contributed by atoms with E-state index in [1.807, 2.05) is 37.4 Å². The van der Waals surface area contributed by atoms with E-state index in [1.165, 1.54) is 5.56 Å². The van der Waals surface area contributed by atoms with E-state index in [4.69, 9.17) is 5.73 Å². The molecule has 3 nitrogen and oxygen atoms in total. The Hall–Kier alpha value is -2.03. The van der Waals surface area contributed by atoms with Crippen LogP contribution in [0.2, 0.25) is 0 Å². The van der Waals surface area contributed by atoms with Crippen LogP contribution in [0.15, 0.2) is 53.8 Å². The molecule has 1 aliphatic heterocycles. The highest BCUT2D eigenvalue weighted by atomic mass is 16.1. The van der Waals surface area contributed by atoms with Crippen LogP contribution < -0.4 is 5.73 Å². The molecule has 0 radical (unpaired) electrons. The monoisotopic (exact) mass is 228 g/mol. The number of nitrogens with zero attached hydrogens (tertiary/aromatic N) is 1. The second-order valence-electron chi connectivity index (χ2n) is 4.21. The minimum atomic E-state index is -0.364. The van der Waals surface area contributed by atoms with Gasteiger partial charge in [0.15, 0.2) is 0 Å². The fourth-order valence-corrected chi connectivity index (χ4v) is 1.89. The van der Waals surface area contributed by atoms with E-state index in [9.17, 15) is 4.79 Å². The van der Waals surface area contributed by atoms with E-state index in [-0.39, 0.29) is 5.91 Å². The molecule has 0 fully saturated rings. The Labute approximate surface area is 101 Å². The van der Waals surface area contributed by atoms with Gasteiger partial charge in [0.2, 0.25) is 5.91 Å². The SMILES string of the molecule is CC1=CCN(Cc2ccccc2)C=C1C(N)=O. The number of amides is 1. The largest absolute Gasteiger partial charge is 0.369 e. The summed E-state index contributed by atoms with van der Waals surface area (Å²) in [6.07, 6.45) is 3.88. The van der Waals surface area contributed by atoms with Gasteiger partial charge in [-0.05, 0) is 18.1 Å². The van der Waals surface area contributed by atoms with E-state index in [0.717, 1.165) is 18.7 Å². The highest BCUT2D eigenvalue weighted by Gasteiger charge is 2.14. The van der Waals surface area contributed by atoms with Gasteiger partial charge in [-0.1, -0.05) is 36.4 Å². The predicted octanol–water partition coefficient (Wildman–Crippen LogP) is 1.82. The Morgan fingerprint density at radius 1 is 1.35 bits per heavy atom. The van der Waals surface area contributed by atoms with Crippen molar-refractivity contribution >= 4 is 5.91 Å². The fraction of sp³-hybridized carbons (Fsp3) is 0.214. The molecule has 0 unspecified atom stereocenters. The molecule has 1 heterocycles. The molecule has 0 bridgehead atoms. The third-order valence-electron chi connectivity index (χ3n) is 2.86. The van der Waals surface area contributed by atoms with Crippen molar-refractivity contribution in [1.29, 1.82) is 0 Å². The topological polar surface area (TPSA) is 46.3 Å². The van der Waals surface area contributed by atoms with E-state index in [2.05, 4.69) is 17.0 Å². The van der Waals surface area contributed by atoms with Crippen molar-refractivity contribution in [2.75, 3.05) is 6.54 Å². The zero-order chi connectivity index (χ0) is 12.3. The zero-order valence-electron chi connectivity index (χ0n) is 9.89. The van der Waals surface area contributed by atoms with Crippen molar-refractivity contribution in [2.24, 2.45) is 5.73 Å². The number of hydrogen-bond acceptors (Lipinski definition) is 2. The van der Waals surface area contributed by atoms with Gasteiger partial charge in [-0.2, -0.15) is 0 Å². The number of hydrogen-bond donors (Lipinski definition) is 1. The second kappa shape index (κ2) is 4.87. The molecular formula is C14H16N2O. The summed E-state index contributed by atoms with van der Waals surface area (Å²) in [5.74, 6) is -0.364. The molecule has 1 aliphatic rings. The quantitative estimate of drug-likeness (QED) is 0.857. The van der Waals surface area contributed by atoms with Gasteiger partial charge < -0.3 is 10.6 Å². The highest BCUT2D eigenvalue weighted by molar-refractivity contribution is 5.96. The first-order valence-corrected chi connectivity index (χ1v) is 5.63. The van der Waals surface area contributed by atoms with Crippen LogP contribution in [0.3, 0.4) is 0 Å². The van der Waals surface area contributed by atoms with Crippen LogP contribution in [0.1, 0.15) is 12.5 Å². The van der Waals surface area contributed by atoms with Crippen molar-refractivity contribution < 1.29 is 4.79 Å². The number of rotatable bonds is 3. The van der Waals surface area contributed by atoms with Gasteiger partial charge in [0, 0.05) is 19.3 Å². The highest BCUT2D eigenvalue weighted by Crippen LogP contribution is 2.17. The Morgan fingerprint density at radius 2 is 2.06 bits per heavy atom. The summed E-state index contributed by atoms with van der Waals surface area (Å²) in [5, 5.41) is 0. The first-order valence-electron chi connectivity index (χ1n) is 5.63. The molecule has 0 saturated heterocycles. The average Bonchev–Trinajstić information content (AvgIpc) is 2.32. The van der Waals surface area contributed by atoms with Gasteiger partial charge in [-0.3, -0.25) is 4.79 Å². The van der Waals surface area contributed by atoms with Crippen LogP contribution in [-0.2, 0) is 11.3 Å². The molecule has 0 atom stereocenters. The molecule has 3 heteroatoms. The van der Waals surface area contributed by atoms with E-state index in [0.29, 0.717) is 5.57 Å². The smallest absolute Gasteiger partial charge is 0.250 e. The van der Waals surface area contributed by atoms with E-state index < -0.39 is 0 Å². The number of nitrogens with two attached hydrogens (primary N) is 1. The van der Waals surface area contributed by atoms with Crippen LogP contribution in [0.5, 0.6) is 0 Å². The molecule has 1 aromatic carbocycles. The van der Waals surface area contributed by atoms with Crippen molar-refractivity contribution in [3.05, 3.63) is 59.3 Å². The summed E-state index contributed by atoms with van der Waals surface area (Å²) >= 11 is 0. The van der Waals surface area contributed by atoms with Gasteiger partial charge in [0.05, 0.1) is 5.57 Å². The lowest BCUT2D eigenvalue weighted by Gasteiger charge is -2.24. The number of carbonyl (C=O) groups excluding carboxylic acids is 1. The van der Waals surface area contributed by atoms with Crippen molar-refractivity contribution in [3.8, 4) is 0 Å². The normalized spacial score (nSPS) is 15.2. The second-order valence-corrected chi connectivity index (χ2v) is 4.21. The minimum Gasteiger partial charge on any atom is -0.369 e. The lowest BCUT2D eigenvalue weighted by Crippen LogP contribution is -2.26. The van der Waals surface area contributed by atoms with Gasteiger partial charge >= 0.3 is 0 Å². The third kappa shape index (κ3) is 2.75. The summed E-state index contributed by atoms with van der Waals surface area (Å²) in [5.41, 5.74) is 8.13. The van der Waals surface area contributed by atoms with E-state index >= 15 is 0 Å². The summed E-state index contributed by atoms with van der Waals surface area (Å²) in [4.78, 5) is 13.3. The average molecular weight is 228 g/mol. The maximum absolute atomic E-state index is 11.2. The van der Waals surface area contributed by atoms with E-state index in [1.54, 1.807) is 0 Å². The molecule has 0 saturated carbocycles. The van der Waals surface area contributed by atoms with Crippen LogP contribution in [0.4, 0.5) is 0 Å². The van der Waals surface area contributed by atoms with Gasteiger partial charge in [0.25, 0.3) is 0 Å². The number of primary amides is 1. The van der Waals surface area contributed by atoms with Crippen molar-refractivity contribution in [1.82, 2.24) is 4.90 Å². The summed E-state index contributed by atoms with van der Waals surface area (Å²) in [6, 6.07) is 10.2. The summed E-state index contributed by atoms with van der Waals surface area (Å²) in [6.45, 7) is 3.52. The van der Waals surface area contributed by atoms with Crippen LogP contribution >= 0.6 is 0 Å². The number of benzene rings is 1. The Kier molecular flexibility index (Phi) is 3.28. The van der Waals surface area contributed by atoms with Gasteiger partial charge in [0.1, 0.15) is 0 Å². The molecule has 0 aliphatic carbocycles. The summed E-state index contributed by atoms with van der Waals surface area (Å²) < 4.78 is 0. The predicted molar refractivity (Wildman–Crippen MR) is 67.9 cm³/mol. The standard InChI is InChI=1S/C14H16N2O/c1-11-7-8-16(10-13(11)14(15)17)9-12-5-3-2-4-6-12/h2-7,10H,8-9H2,1H3,(H2,15,17).